The van der Waals surface area contributed by atoms with Crippen LogP contribution in [-0.2, 0) is 0 Å². The first kappa shape index (κ1) is 11.7. The van der Waals surface area contributed by atoms with Gasteiger partial charge in [0.15, 0.2) is 0 Å². The minimum atomic E-state index is -0.220. The molecule has 0 saturated carbocycles. The van der Waals surface area contributed by atoms with Crippen molar-refractivity contribution >= 4 is 0 Å². The molecule has 0 saturated heterocycles. The molecule has 3 aromatic rings. The Morgan fingerprint density at radius 3 is 2.53 bits per heavy atom. The van der Waals surface area contributed by atoms with Crippen molar-refractivity contribution in [2.75, 3.05) is 0 Å². The molecule has 0 aliphatic rings. The van der Waals surface area contributed by atoms with Crippen LogP contribution >= 0.6 is 0 Å². The molecule has 94 valence electrons. The molecule has 0 aliphatic carbocycles. The Labute approximate surface area is 111 Å². The number of aryl methyl sites for hydroxylation is 1. The van der Waals surface area contributed by atoms with Gasteiger partial charge in [-0.25, -0.2) is 9.07 Å². The van der Waals surface area contributed by atoms with Crippen molar-refractivity contribution in [2.24, 2.45) is 0 Å². The molecule has 2 nitrogen and oxygen atoms in total. The first-order chi connectivity index (χ1) is 9.22. The average molecular weight is 252 g/mol. The SMILES string of the molecule is Cc1cc(F)cc(-c2cnn(-c3ccccc3)c2)c1. The molecular formula is C16H13FN2. The van der Waals surface area contributed by atoms with E-state index in [0.717, 1.165) is 22.4 Å². The fourth-order valence-corrected chi connectivity index (χ4v) is 2.10. The highest BCUT2D eigenvalue weighted by molar-refractivity contribution is 5.63. The van der Waals surface area contributed by atoms with Crippen LogP contribution in [0.4, 0.5) is 4.39 Å². The van der Waals surface area contributed by atoms with E-state index >= 15 is 0 Å². The van der Waals surface area contributed by atoms with E-state index in [1.165, 1.54) is 12.1 Å². The number of rotatable bonds is 2. The Balaban J connectivity index is 2.02. The van der Waals surface area contributed by atoms with Crippen LogP contribution in [-0.4, -0.2) is 9.78 Å². The van der Waals surface area contributed by atoms with Crippen molar-refractivity contribution in [3.8, 4) is 16.8 Å². The van der Waals surface area contributed by atoms with Crippen LogP contribution in [0.5, 0.6) is 0 Å². The van der Waals surface area contributed by atoms with Crippen molar-refractivity contribution in [1.82, 2.24) is 9.78 Å². The monoisotopic (exact) mass is 252 g/mol. The maximum absolute atomic E-state index is 13.4. The topological polar surface area (TPSA) is 17.8 Å². The Kier molecular flexibility index (Phi) is 2.88. The molecule has 0 N–H and O–H groups in total. The molecule has 3 rings (SSSR count). The van der Waals surface area contributed by atoms with E-state index in [0.29, 0.717) is 0 Å². The number of para-hydroxylation sites is 1. The second-order valence-electron chi connectivity index (χ2n) is 4.53. The van der Waals surface area contributed by atoms with Gasteiger partial charge in [-0.3, -0.25) is 0 Å². The summed E-state index contributed by atoms with van der Waals surface area (Å²) in [6.07, 6.45) is 3.66. The van der Waals surface area contributed by atoms with E-state index in [1.54, 1.807) is 10.9 Å². The molecule has 1 aromatic heterocycles. The number of aromatic nitrogens is 2. The standard InChI is InChI=1S/C16H13FN2/c1-12-7-13(9-15(17)8-12)14-10-18-19(11-14)16-5-3-2-4-6-16/h2-11H,1H3. The molecule has 3 heteroatoms. The summed E-state index contributed by atoms with van der Waals surface area (Å²) < 4.78 is 15.2. The maximum Gasteiger partial charge on any atom is 0.124 e. The van der Waals surface area contributed by atoms with Crippen LogP contribution in [0.1, 0.15) is 5.56 Å². The van der Waals surface area contributed by atoms with Gasteiger partial charge in [0.2, 0.25) is 0 Å². The highest BCUT2D eigenvalue weighted by Gasteiger charge is 2.05. The third-order valence-corrected chi connectivity index (χ3v) is 2.98. The Hall–Kier alpha value is -2.42. The lowest BCUT2D eigenvalue weighted by atomic mass is 10.1. The molecule has 2 aromatic carbocycles. The quantitative estimate of drug-likeness (QED) is 0.674. The molecule has 0 spiro atoms. The summed E-state index contributed by atoms with van der Waals surface area (Å²) in [7, 11) is 0. The number of hydrogen-bond donors (Lipinski definition) is 0. The molecule has 0 fully saturated rings. The van der Waals surface area contributed by atoms with Crippen molar-refractivity contribution in [1.29, 1.82) is 0 Å². The zero-order chi connectivity index (χ0) is 13.2. The van der Waals surface area contributed by atoms with Gasteiger partial charge in [0.1, 0.15) is 5.82 Å². The highest BCUT2D eigenvalue weighted by Crippen LogP contribution is 2.22. The smallest absolute Gasteiger partial charge is 0.124 e. The fraction of sp³-hybridized carbons (Fsp3) is 0.0625. The van der Waals surface area contributed by atoms with Crippen LogP contribution in [0.3, 0.4) is 0 Å². The van der Waals surface area contributed by atoms with E-state index in [2.05, 4.69) is 5.10 Å². The molecular weight excluding hydrogens is 239 g/mol. The first-order valence-corrected chi connectivity index (χ1v) is 6.10. The van der Waals surface area contributed by atoms with Crippen LogP contribution in [0.15, 0.2) is 60.9 Å². The molecule has 0 unspecified atom stereocenters. The minimum Gasteiger partial charge on any atom is -0.240 e. The maximum atomic E-state index is 13.4. The molecule has 19 heavy (non-hydrogen) atoms. The van der Waals surface area contributed by atoms with E-state index in [9.17, 15) is 4.39 Å². The Bertz CT molecular complexity index is 682. The molecule has 0 bridgehead atoms. The summed E-state index contributed by atoms with van der Waals surface area (Å²) in [4.78, 5) is 0. The summed E-state index contributed by atoms with van der Waals surface area (Å²) in [6, 6.07) is 14.8. The molecule has 0 radical (unpaired) electrons. The molecule has 0 amide bonds. The van der Waals surface area contributed by atoms with Gasteiger partial charge in [0.25, 0.3) is 0 Å². The molecule has 0 atom stereocenters. The van der Waals surface area contributed by atoms with Crippen LogP contribution in [0.2, 0.25) is 0 Å². The van der Waals surface area contributed by atoms with Gasteiger partial charge >= 0.3 is 0 Å². The summed E-state index contributed by atoms with van der Waals surface area (Å²) >= 11 is 0. The largest absolute Gasteiger partial charge is 0.240 e. The second kappa shape index (κ2) is 4.69. The lowest BCUT2D eigenvalue weighted by Gasteiger charge is -2.01. The number of hydrogen-bond acceptors (Lipinski definition) is 1. The lowest BCUT2D eigenvalue weighted by Crippen LogP contribution is -1.92. The Morgan fingerprint density at radius 1 is 1.00 bits per heavy atom. The highest BCUT2D eigenvalue weighted by atomic mass is 19.1. The van der Waals surface area contributed by atoms with Crippen molar-refractivity contribution in [3.05, 3.63) is 72.3 Å². The van der Waals surface area contributed by atoms with Crippen LogP contribution in [0, 0.1) is 12.7 Å². The van der Waals surface area contributed by atoms with Crippen molar-refractivity contribution < 1.29 is 4.39 Å². The predicted octanol–water partition coefficient (Wildman–Crippen LogP) is 3.99. The summed E-state index contributed by atoms with van der Waals surface area (Å²) in [6.45, 7) is 1.88. The fourth-order valence-electron chi connectivity index (χ4n) is 2.10. The third-order valence-electron chi connectivity index (χ3n) is 2.98. The van der Waals surface area contributed by atoms with Gasteiger partial charge in [0.05, 0.1) is 11.9 Å². The third kappa shape index (κ3) is 2.40. The lowest BCUT2D eigenvalue weighted by molar-refractivity contribution is 0.627. The number of benzene rings is 2. The first-order valence-electron chi connectivity index (χ1n) is 6.10. The van der Waals surface area contributed by atoms with Gasteiger partial charge in [0, 0.05) is 11.8 Å². The molecule has 0 aliphatic heterocycles. The minimum absolute atomic E-state index is 0.220. The summed E-state index contributed by atoms with van der Waals surface area (Å²) in [5.41, 5.74) is 3.65. The zero-order valence-corrected chi connectivity index (χ0v) is 10.5. The van der Waals surface area contributed by atoms with Crippen LogP contribution < -0.4 is 0 Å². The van der Waals surface area contributed by atoms with E-state index in [4.69, 9.17) is 0 Å². The second-order valence-corrected chi connectivity index (χ2v) is 4.53. The summed E-state index contributed by atoms with van der Waals surface area (Å²) in [5.74, 6) is -0.220. The van der Waals surface area contributed by atoms with Crippen LogP contribution in [0.25, 0.3) is 16.8 Å². The average Bonchev–Trinajstić information content (AvgIpc) is 2.88. The number of nitrogens with zero attached hydrogens (tertiary/aromatic N) is 2. The van der Waals surface area contributed by atoms with E-state index in [1.807, 2.05) is 49.5 Å². The summed E-state index contributed by atoms with van der Waals surface area (Å²) in [5, 5.41) is 4.32. The van der Waals surface area contributed by atoms with Gasteiger partial charge < -0.3 is 0 Å². The van der Waals surface area contributed by atoms with Gasteiger partial charge in [-0.2, -0.15) is 5.10 Å². The van der Waals surface area contributed by atoms with Gasteiger partial charge in [-0.1, -0.05) is 24.3 Å². The van der Waals surface area contributed by atoms with Crippen molar-refractivity contribution in [3.63, 3.8) is 0 Å². The van der Waals surface area contributed by atoms with Gasteiger partial charge in [-0.05, 0) is 42.3 Å². The normalized spacial score (nSPS) is 10.6. The van der Waals surface area contributed by atoms with E-state index < -0.39 is 0 Å². The zero-order valence-electron chi connectivity index (χ0n) is 10.5. The van der Waals surface area contributed by atoms with Crippen molar-refractivity contribution in [2.45, 2.75) is 6.92 Å². The number of halogens is 1. The molecule has 1 heterocycles. The van der Waals surface area contributed by atoms with Gasteiger partial charge in [-0.15, -0.1) is 0 Å². The Morgan fingerprint density at radius 2 is 1.79 bits per heavy atom. The predicted molar refractivity (Wildman–Crippen MR) is 73.7 cm³/mol. The van der Waals surface area contributed by atoms with E-state index in [-0.39, 0.29) is 5.82 Å².